The Kier molecular flexibility index (Phi) is 6.76. The van der Waals surface area contributed by atoms with Crippen molar-refractivity contribution in [3.63, 3.8) is 0 Å². The highest BCUT2D eigenvalue weighted by molar-refractivity contribution is 5.82. The van der Waals surface area contributed by atoms with E-state index in [1.54, 1.807) is 6.92 Å². The summed E-state index contributed by atoms with van der Waals surface area (Å²) in [5.41, 5.74) is 0. The van der Waals surface area contributed by atoms with Crippen LogP contribution in [0.2, 0.25) is 0 Å². The van der Waals surface area contributed by atoms with Gasteiger partial charge in [0, 0.05) is 7.11 Å². The van der Waals surface area contributed by atoms with Crippen LogP contribution in [0.15, 0.2) is 0 Å². The molecule has 0 saturated heterocycles. The smallest absolute Gasteiger partial charge is 0.328 e. The zero-order valence-corrected chi connectivity index (χ0v) is 8.66. The minimum Gasteiger partial charge on any atom is -0.480 e. The summed E-state index contributed by atoms with van der Waals surface area (Å²) in [5, 5.41) is 13.3. The number of urea groups is 1. The number of carbonyl (C=O) groups excluding carboxylic acids is 1. The van der Waals surface area contributed by atoms with Crippen LogP contribution >= 0.6 is 0 Å². The molecule has 2 amide bonds. The van der Waals surface area contributed by atoms with Crippen molar-refractivity contribution in [1.29, 1.82) is 0 Å². The zero-order chi connectivity index (χ0) is 11.7. The number of methoxy groups -OCH3 is 1. The van der Waals surface area contributed by atoms with Crippen LogP contribution in [0.1, 0.15) is 6.92 Å². The first-order valence-electron chi connectivity index (χ1n) is 4.27. The molecule has 84 valence electrons. The van der Waals surface area contributed by atoms with Gasteiger partial charge in [-0.15, -0.1) is 5.92 Å². The molecule has 0 radical (unpaired) electrons. The normalized spacial score (nSPS) is 10.8. The SMILES string of the molecule is CC#CCNC(=O)NC(COC)C(=O)O. The van der Waals surface area contributed by atoms with Crippen LogP contribution in [0.25, 0.3) is 0 Å². The maximum Gasteiger partial charge on any atom is 0.328 e. The fourth-order valence-corrected chi connectivity index (χ4v) is 0.763. The van der Waals surface area contributed by atoms with Crippen molar-refractivity contribution in [2.75, 3.05) is 20.3 Å². The molecule has 3 N–H and O–H groups in total. The standard InChI is InChI=1S/C9H14N2O4/c1-3-4-5-10-9(14)11-7(6-15-2)8(12)13/h7H,5-6H2,1-2H3,(H,12,13)(H2,10,11,14). The molecule has 0 aliphatic carbocycles. The van der Waals surface area contributed by atoms with Crippen LogP contribution in [0.3, 0.4) is 0 Å². The first-order chi connectivity index (χ1) is 7.11. The van der Waals surface area contributed by atoms with Gasteiger partial charge in [0.25, 0.3) is 0 Å². The number of rotatable bonds is 5. The van der Waals surface area contributed by atoms with Crippen LogP contribution in [-0.4, -0.2) is 43.4 Å². The van der Waals surface area contributed by atoms with E-state index >= 15 is 0 Å². The molecule has 0 bridgehead atoms. The van der Waals surface area contributed by atoms with E-state index in [0.717, 1.165) is 0 Å². The first-order valence-corrected chi connectivity index (χ1v) is 4.27. The van der Waals surface area contributed by atoms with Gasteiger partial charge in [-0.25, -0.2) is 9.59 Å². The Morgan fingerprint density at radius 3 is 2.67 bits per heavy atom. The van der Waals surface area contributed by atoms with Crippen molar-refractivity contribution in [3.05, 3.63) is 0 Å². The lowest BCUT2D eigenvalue weighted by molar-refractivity contribution is -0.140. The minimum absolute atomic E-state index is 0.0811. The number of hydrogen-bond donors (Lipinski definition) is 3. The molecule has 0 aromatic rings. The van der Waals surface area contributed by atoms with Gasteiger partial charge in [0.2, 0.25) is 0 Å². The fraction of sp³-hybridized carbons (Fsp3) is 0.556. The van der Waals surface area contributed by atoms with Crippen LogP contribution in [-0.2, 0) is 9.53 Å². The molecule has 15 heavy (non-hydrogen) atoms. The van der Waals surface area contributed by atoms with Crippen molar-refractivity contribution < 1.29 is 19.4 Å². The lowest BCUT2D eigenvalue weighted by Crippen LogP contribution is -2.48. The van der Waals surface area contributed by atoms with Gasteiger partial charge < -0.3 is 20.5 Å². The van der Waals surface area contributed by atoms with E-state index in [1.807, 2.05) is 0 Å². The third-order valence-electron chi connectivity index (χ3n) is 1.45. The van der Waals surface area contributed by atoms with Crippen LogP contribution in [0.5, 0.6) is 0 Å². The molecule has 0 rings (SSSR count). The van der Waals surface area contributed by atoms with Gasteiger partial charge in [-0.3, -0.25) is 0 Å². The third kappa shape index (κ3) is 6.35. The van der Waals surface area contributed by atoms with Crippen LogP contribution in [0.4, 0.5) is 4.79 Å². The van der Waals surface area contributed by atoms with E-state index < -0.39 is 18.0 Å². The maximum absolute atomic E-state index is 11.1. The highest BCUT2D eigenvalue weighted by atomic mass is 16.5. The number of aliphatic carboxylic acids is 1. The van der Waals surface area contributed by atoms with Crippen LogP contribution in [0, 0.1) is 11.8 Å². The Bertz CT molecular complexity index is 280. The molecule has 0 aliphatic rings. The van der Waals surface area contributed by atoms with E-state index in [0.29, 0.717) is 0 Å². The second-order valence-corrected chi connectivity index (χ2v) is 2.60. The summed E-state index contributed by atoms with van der Waals surface area (Å²) in [4.78, 5) is 21.7. The molecule has 0 aromatic heterocycles. The molecule has 0 aliphatic heterocycles. The fourth-order valence-electron chi connectivity index (χ4n) is 0.763. The summed E-state index contributed by atoms with van der Waals surface area (Å²) in [6.07, 6.45) is 0. The Morgan fingerprint density at radius 1 is 1.53 bits per heavy atom. The van der Waals surface area contributed by atoms with Gasteiger partial charge in [-0.1, -0.05) is 5.92 Å². The summed E-state index contributed by atoms with van der Waals surface area (Å²) in [7, 11) is 1.36. The Morgan fingerprint density at radius 2 is 2.20 bits per heavy atom. The number of ether oxygens (including phenoxy) is 1. The summed E-state index contributed by atoms with van der Waals surface area (Å²) in [5.74, 6) is 4.06. The molecule has 1 atom stereocenters. The number of hydrogen-bond acceptors (Lipinski definition) is 3. The van der Waals surface area contributed by atoms with E-state index in [4.69, 9.17) is 5.11 Å². The number of amides is 2. The average Bonchev–Trinajstić information content (AvgIpc) is 2.17. The average molecular weight is 214 g/mol. The molecule has 6 nitrogen and oxygen atoms in total. The van der Waals surface area contributed by atoms with E-state index in [-0.39, 0.29) is 13.2 Å². The molecule has 0 saturated carbocycles. The monoisotopic (exact) mass is 214 g/mol. The van der Waals surface area contributed by atoms with E-state index in [1.165, 1.54) is 7.11 Å². The maximum atomic E-state index is 11.1. The number of nitrogens with one attached hydrogen (secondary N) is 2. The molecule has 0 heterocycles. The first kappa shape index (κ1) is 13.3. The topological polar surface area (TPSA) is 87.7 Å². The lowest BCUT2D eigenvalue weighted by Gasteiger charge is -2.13. The molecule has 6 heteroatoms. The molecular formula is C9H14N2O4. The number of carbonyl (C=O) groups is 2. The highest BCUT2D eigenvalue weighted by Crippen LogP contribution is 1.85. The number of carboxylic acids is 1. The Hall–Kier alpha value is -1.74. The Labute approximate surface area is 88.0 Å². The lowest BCUT2D eigenvalue weighted by atomic mass is 10.3. The second kappa shape index (κ2) is 7.64. The van der Waals surface area contributed by atoms with Crippen molar-refractivity contribution >= 4 is 12.0 Å². The summed E-state index contributed by atoms with van der Waals surface area (Å²) in [6, 6.07) is -1.63. The van der Waals surface area contributed by atoms with Gasteiger partial charge >= 0.3 is 12.0 Å². The van der Waals surface area contributed by atoms with Crippen molar-refractivity contribution in [1.82, 2.24) is 10.6 Å². The van der Waals surface area contributed by atoms with Crippen molar-refractivity contribution in [2.24, 2.45) is 0 Å². The van der Waals surface area contributed by atoms with Crippen LogP contribution < -0.4 is 10.6 Å². The van der Waals surface area contributed by atoms with Gasteiger partial charge in [0.15, 0.2) is 6.04 Å². The highest BCUT2D eigenvalue weighted by Gasteiger charge is 2.18. The molecule has 0 fully saturated rings. The third-order valence-corrected chi connectivity index (χ3v) is 1.45. The van der Waals surface area contributed by atoms with Crippen molar-refractivity contribution in [3.8, 4) is 11.8 Å². The largest absolute Gasteiger partial charge is 0.480 e. The summed E-state index contributed by atoms with van der Waals surface area (Å²) in [6.45, 7) is 1.74. The quantitative estimate of drug-likeness (QED) is 0.534. The minimum atomic E-state index is -1.14. The second-order valence-electron chi connectivity index (χ2n) is 2.60. The van der Waals surface area contributed by atoms with E-state index in [9.17, 15) is 9.59 Å². The molecule has 0 aromatic carbocycles. The predicted molar refractivity (Wildman–Crippen MR) is 53.3 cm³/mol. The van der Waals surface area contributed by atoms with Gasteiger partial charge in [0.1, 0.15) is 0 Å². The van der Waals surface area contributed by atoms with Gasteiger partial charge in [-0.05, 0) is 6.92 Å². The molecule has 0 spiro atoms. The summed E-state index contributed by atoms with van der Waals surface area (Å²) < 4.78 is 4.64. The van der Waals surface area contributed by atoms with E-state index in [2.05, 4.69) is 27.2 Å². The predicted octanol–water partition coefficient (Wildman–Crippen LogP) is -0.591. The molecular weight excluding hydrogens is 200 g/mol. The number of carboxylic acid groups (broad SMARTS) is 1. The van der Waals surface area contributed by atoms with Gasteiger partial charge in [-0.2, -0.15) is 0 Å². The zero-order valence-electron chi connectivity index (χ0n) is 8.66. The Balaban J connectivity index is 3.97. The van der Waals surface area contributed by atoms with Gasteiger partial charge in [0.05, 0.1) is 13.2 Å². The van der Waals surface area contributed by atoms with Crippen molar-refractivity contribution in [2.45, 2.75) is 13.0 Å². The molecule has 1 unspecified atom stereocenters. The summed E-state index contributed by atoms with van der Waals surface area (Å²) >= 11 is 0.